The number of aromatic nitrogens is 3. The highest BCUT2D eigenvalue weighted by Crippen LogP contribution is 2.19. The van der Waals surface area contributed by atoms with Gasteiger partial charge in [-0.3, -0.25) is 4.21 Å². The Kier molecular flexibility index (Phi) is 3.98. The highest BCUT2D eigenvalue weighted by molar-refractivity contribution is 7.85. The van der Waals surface area contributed by atoms with Crippen molar-refractivity contribution >= 4 is 32.2 Å². The van der Waals surface area contributed by atoms with Crippen molar-refractivity contribution in [2.24, 2.45) is 0 Å². The summed E-state index contributed by atoms with van der Waals surface area (Å²) in [5.74, 6) is -0.110. The zero-order valence-corrected chi connectivity index (χ0v) is 12.9. The van der Waals surface area contributed by atoms with E-state index >= 15 is 0 Å². The Bertz CT molecular complexity index is 767. The van der Waals surface area contributed by atoms with E-state index in [2.05, 4.69) is 15.4 Å². The Hall–Kier alpha value is -1.80. The van der Waals surface area contributed by atoms with Gasteiger partial charge in [-0.1, -0.05) is 23.5 Å². The van der Waals surface area contributed by atoms with E-state index in [1.165, 1.54) is 17.4 Å². The number of nitrogens with one attached hydrogen (secondary N) is 1. The van der Waals surface area contributed by atoms with Crippen molar-refractivity contribution < 1.29 is 8.60 Å². The number of hydrogen-bond acceptors (Lipinski definition) is 5. The molecule has 1 aromatic carbocycles. The van der Waals surface area contributed by atoms with Crippen LogP contribution in [0.4, 0.5) is 9.52 Å². The SMILES string of the molecule is Cc1cn2nc(NCCS(=O)c3ccccc3F)sc2n1. The fourth-order valence-electron chi connectivity index (χ4n) is 1.87. The Morgan fingerprint density at radius 3 is 3.00 bits per heavy atom. The van der Waals surface area contributed by atoms with Crippen molar-refractivity contribution in [2.75, 3.05) is 17.6 Å². The normalized spacial score (nSPS) is 12.7. The third-order valence-electron chi connectivity index (χ3n) is 2.81. The first-order valence-corrected chi connectivity index (χ1v) is 8.46. The van der Waals surface area contributed by atoms with Crippen molar-refractivity contribution in [3.8, 4) is 0 Å². The molecule has 0 aliphatic heterocycles. The molecule has 0 amide bonds. The fraction of sp³-hybridized carbons (Fsp3) is 0.231. The Labute approximate surface area is 127 Å². The minimum Gasteiger partial charge on any atom is -0.359 e. The molecule has 2 heterocycles. The topological polar surface area (TPSA) is 59.3 Å². The van der Waals surface area contributed by atoms with Gasteiger partial charge in [0.05, 0.1) is 27.6 Å². The maximum atomic E-state index is 13.5. The van der Waals surface area contributed by atoms with Gasteiger partial charge in [0.1, 0.15) is 5.82 Å². The van der Waals surface area contributed by atoms with Gasteiger partial charge < -0.3 is 5.32 Å². The van der Waals surface area contributed by atoms with Gasteiger partial charge in [-0.25, -0.2) is 13.9 Å². The first-order valence-electron chi connectivity index (χ1n) is 6.33. The Morgan fingerprint density at radius 2 is 2.24 bits per heavy atom. The first kappa shape index (κ1) is 14.2. The van der Waals surface area contributed by atoms with Gasteiger partial charge in [0.2, 0.25) is 10.1 Å². The maximum Gasteiger partial charge on any atom is 0.214 e. The lowest BCUT2D eigenvalue weighted by molar-refractivity contribution is 0.595. The number of aryl methyl sites for hydroxylation is 1. The van der Waals surface area contributed by atoms with Crippen LogP contribution in [0.15, 0.2) is 35.4 Å². The molecule has 0 aliphatic carbocycles. The number of halogens is 1. The average molecular weight is 324 g/mol. The first-order chi connectivity index (χ1) is 10.1. The summed E-state index contributed by atoms with van der Waals surface area (Å²) < 4.78 is 27.2. The van der Waals surface area contributed by atoms with E-state index in [1.807, 2.05) is 13.1 Å². The summed E-state index contributed by atoms with van der Waals surface area (Å²) in [6.45, 7) is 2.36. The lowest BCUT2D eigenvalue weighted by Crippen LogP contribution is -2.12. The molecular weight excluding hydrogens is 311 g/mol. The van der Waals surface area contributed by atoms with Crippen LogP contribution in [0.25, 0.3) is 4.96 Å². The molecule has 0 bridgehead atoms. The van der Waals surface area contributed by atoms with E-state index in [0.29, 0.717) is 17.4 Å². The number of nitrogens with zero attached hydrogens (tertiary/aromatic N) is 3. The zero-order valence-electron chi connectivity index (χ0n) is 11.2. The molecule has 0 saturated heterocycles. The van der Waals surface area contributed by atoms with Crippen molar-refractivity contribution in [3.63, 3.8) is 0 Å². The van der Waals surface area contributed by atoms with Crippen LogP contribution < -0.4 is 5.32 Å². The van der Waals surface area contributed by atoms with Crippen molar-refractivity contribution in [1.82, 2.24) is 14.6 Å². The highest BCUT2D eigenvalue weighted by atomic mass is 32.2. The van der Waals surface area contributed by atoms with Gasteiger partial charge in [-0.05, 0) is 19.1 Å². The summed E-state index contributed by atoms with van der Waals surface area (Å²) in [6.07, 6.45) is 1.84. The molecule has 5 nitrogen and oxygen atoms in total. The molecular formula is C13H13FN4OS2. The molecule has 0 fully saturated rings. The number of anilines is 1. The van der Waals surface area contributed by atoms with Crippen LogP contribution in [-0.4, -0.2) is 31.1 Å². The molecule has 1 atom stereocenters. The molecule has 1 N–H and O–H groups in total. The molecule has 8 heteroatoms. The third-order valence-corrected chi connectivity index (χ3v) is 5.09. The predicted octanol–water partition coefficient (Wildman–Crippen LogP) is 2.46. The van der Waals surface area contributed by atoms with Gasteiger partial charge in [0, 0.05) is 12.3 Å². The fourth-order valence-corrected chi connectivity index (χ4v) is 3.75. The van der Waals surface area contributed by atoms with Crippen LogP contribution in [0.3, 0.4) is 0 Å². The molecule has 1 unspecified atom stereocenters. The molecule has 21 heavy (non-hydrogen) atoms. The largest absolute Gasteiger partial charge is 0.359 e. The van der Waals surface area contributed by atoms with Crippen LogP contribution in [0, 0.1) is 12.7 Å². The molecule has 0 aliphatic rings. The summed E-state index contributed by atoms with van der Waals surface area (Å²) in [5, 5.41) is 8.11. The minimum atomic E-state index is -1.36. The van der Waals surface area contributed by atoms with Crippen LogP contribution in [-0.2, 0) is 10.8 Å². The van der Waals surface area contributed by atoms with E-state index in [1.54, 1.807) is 22.7 Å². The van der Waals surface area contributed by atoms with Gasteiger partial charge in [-0.2, -0.15) is 0 Å². The van der Waals surface area contributed by atoms with E-state index in [9.17, 15) is 8.60 Å². The van der Waals surface area contributed by atoms with Crippen LogP contribution >= 0.6 is 11.3 Å². The summed E-state index contributed by atoms with van der Waals surface area (Å²) >= 11 is 1.43. The summed E-state index contributed by atoms with van der Waals surface area (Å²) in [5.41, 5.74) is 0.918. The standard InChI is InChI=1S/C13H13FN4OS2/c1-9-8-18-13(16-9)20-12(17-18)15-6-7-21(19)11-5-3-2-4-10(11)14/h2-5,8H,6-7H2,1H3,(H,15,17). The van der Waals surface area contributed by atoms with Crippen molar-refractivity contribution in [2.45, 2.75) is 11.8 Å². The quantitative estimate of drug-likeness (QED) is 0.783. The third kappa shape index (κ3) is 3.11. The Balaban J connectivity index is 1.59. The van der Waals surface area contributed by atoms with Gasteiger partial charge >= 0.3 is 0 Å². The number of fused-ring (bicyclic) bond motifs is 1. The molecule has 0 spiro atoms. The van der Waals surface area contributed by atoms with E-state index in [4.69, 9.17) is 0 Å². The highest BCUT2D eigenvalue weighted by Gasteiger charge is 2.10. The monoisotopic (exact) mass is 324 g/mol. The van der Waals surface area contributed by atoms with E-state index in [-0.39, 0.29) is 4.90 Å². The number of hydrogen-bond donors (Lipinski definition) is 1. The van der Waals surface area contributed by atoms with Crippen LogP contribution in [0.1, 0.15) is 5.69 Å². The van der Waals surface area contributed by atoms with Gasteiger partial charge in [0.15, 0.2) is 0 Å². The number of rotatable bonds is 5. The molecule has 3 rings (SSSR count). The molecule has 3 aromatic rings. The Morgan fingerprint density at radius 1 is 1.43 bits per heavy atom. The summed E-state index contributed by atoms with van der Waals surface area (Å²) in [7, 11) is -1.36. The lowest BCUT2D eigenvalue weighted by Gasteiger charge is -2.04. The zero-order chi connectivity index (χ0) is 14.8. The second-order valence-electron chi connectivity index (χ2n) is 4.42. The second kappa shape index (κ2) is 5.90. The predicted molar refractivity (Wildman–Crippen MR) is 81.8 cm³/mol. The van der Waals surface area contributed by atoms with Crippen molar-refractivity contribution in [3.05, 3.63) is 42.0 Å². The van der Waals surface area contributed by atoms with E-state index < -0.39 is 16.6 Å². The van der Waals surface area contributed by atoms with Crippen LogP contribution in [0.2, 0.25) is 0 Å². The lowest BCUT2D eigenvalue weighted by atomic mass is 10.3. The molecule has 0 saturated carbocycles. The average Bonchev–Trinajstić information content (AvgIpc) is 2.95. The maximum absolute atomic E-state index is 13.5. The molecule has 110 valence electrons. The van der Waals surface area contributed by atoms with Crippen LogP contribution in [0.5, 0.6) is 0 Å². The van der Waals surface area contributed by atoms with Gasteiger partial charge in [-0.15, -0.1) is 5.10 Å². The van der Waals surface area contributed by atoms with Gasteiger partial charge in [0.25, 0.3) is 0 Å². The molecule has 2 aromatic heterocycles. The smallest absolute Gasteiger partial charge is 0.214 e. The molecule has 0 radical (unpaired) electrons. The summed E-state index contributed by atoms with van der Waals surface area (Å²) in [4.78, 5) is 5.36. The van der Waals surface area contributed by atoms with Crippen molar-refractivity contribution in [1.29, 1.82) is 0 Å². The number of imidazole rings is 1. The minimum absolute atomic E-state index is 0.240. The summed E-state index contributed by atoms with van der Waals surface area (Å²) in [6, 6.07) is 6.13. The van der Waals surface area contributed by atoms with E-state index in [0.717, 1.165) is 10.7 Å². The second-order valence-corrected chi connectivity index (χ2v) is 6.92. The number of benzene rings is 1.